The van der Waals surface area contributed by atoms with Crippen molar-refractivity contribution in [2.45, 2.75) is 19.4 Å². The molecule has 5 heteroatoms. The molecule has 1 fully saturated rings. The van der Waals surface area contributed by atoms with Crippen molar-refractivity contribution in [1.82, 2.24) is 4.90 Å². The molecule has 1 aliphatic heterocycles. The summed E-state index contributed by atoms with van der Waals surface area (Å²) in [5, 5.41) is 0. The lowest BCUT2D eigenvalue weighted by atomic mass is 9.96. The van der Waals surface area contributed by atoms with Crippen LogP contribution in [-0.2, 0) is 16.1 Å². The van der Waals surface area contributed by atoms with E-state index in [-0.39, 0.29) is 11.9 Å². The molecule has 1 aromatic rings. The van der Waals surface area contributed by atoms with E-state index in [0.29, 0.717) is 38.0 Å². The van der Waals surface area contributed by atoms with Crippen LogP contribution in [0.5, 0.6) is 0 Å². The Labute approximate surface area is 111 Å². The number of halogens is 2. The predicted octanol–water partition coefficient (Wildman–Crippen LogP) is 2.35. The quantitative estimate of drug-likeness (QED) is 0.789. The van der Waals surface area contributed by atoms with Gasteiger partial charge >= 0.3 is 5.97 Å². The molecule has 1 aliphatic rings. The number of esters is 1. The standard InChI is InChI=1S/C14H17F2NO2/c1-19-14(18)10-4-6-17(7-5-10)9-11-8-12(15)2-3-13(11)16/h2-3,8,10H,4-7,9H2,1H3. The Morgan fingerprint density at radius 3 is 2.68 bits per heavy atom. The normalized spacial score (nSPS) is 17.4. The maximum absolute atomic E-state index is 13.5. The van der Waals surface area contributed by atoms with Gasteiger partial charge in [-0.15, -0.1) is 0 Å². The summed E-state index contributed by atoms with van der Waals surface area (Å²) >= 11 is 0. The number of methoxy groups -OCH3 is 1. The Bertz CT molecular complexity index is 457. The van der Waals surface area contributed by atoms with Crippen molar-refractivity contribution >= 4 is 5.97 Å². The van der Waals surface area contributed by atoms with Crippen LogP contribution in [0.1, 0.15) is 18.4 Å². The highest BCUT2D eigenvalue weighted by molar-refractivity contribution is 5.72. The molecular weight excluding hydrogens is 252 g/mol. The molecule has 0 aromatic heterocycles. The molecule has 19 heavy (non-hydrogen) atoms. The van der Waals surface area contributed by atoms with Crippen LogP contribution in [0.2, 0.25) is 0 Å². The smallest absolute Gasteiger partial charge is 0.308 e. The van der Waals surface area contributed by atoms with E-state index >= 15 is 0 Å². The summed E-state index contributed by atoms with van der Waals surface area (Å²) < 4.78 is 31.3. The lowest BCUT2D eigenvalue weighted by Crippen LogP contribution is -2.36. The molecule has 0 amide bonds. The first-order valence-electron chi connectivity index (χ1n) is 6.34. The zero-order chi connectivity index (χ0) is 13.8. The minimum absolute atomic E-state index is 0.0707. The van der Waals surface area contributed by atoms with E-state index < -0.39 is 11.6 Å². The van der Waals surface area contributed by atoms with Crippen molar-refractivity contribution in [1.29, 1.82) is 0 Å². The number of carbonyl (C=O) groups excluding carboxylic acids is 1. The molecule has 0 unspecified atom stereocenters. The van der Waals surface area contributed by atoms with Crippen LogP contribution in [0.4, 0.5) is 8.78 Å². The summed E-state index contributed by atoms with van der Waals surface area (Å²) in [6.45, 7) is 1.75. The molecule has 3 nitrogen and oxygen atoms in total. The number of ether oxygens (including phenoxy) is 1. The second kappa shape index (κ2) is 6.10. The van der Waals surface area contributed by atoms with E-state index in [9.17, 15) is 13.6 Å². The first-order chi connectivity index (χ1) is 9.10. The van der Waals surface area contributed by atoms with Crippen molar-refractivity contribution in [3.63, 3.8) is 0 Å². The largest absolute Gasteiger partial charge is 0.469 e. The fourth-order valence-electron chi connectivity index (χ4n) is 2.40. The maximum Gasteiger partial charge on any atom is 0.308 e. The van der Waals surface area contributed by atoms with Crippen LogP contribution in [0, 0.1) is 17.6 Å². The van der Waals surface area contributed by atoms with Crippen molar-refractivity contribution in [2.24, 2.45) is 5.92 Å². The van der Waals surface area contributed by atoms with Crippen molar-refractivity contribution < 1.29 is 18.3 Å². The molecule has 0 radical (unpaired) electrons. The summed E-state index contributed by atoms with van der Waals surface area (Å²) in [5.74, 6) is -1.08. The van der Waals surface area contributed by atoms with Crippen LogP contribution < -0.4 is 0 Å². The molecule has 0 spiro atoms. The number of piperidine rings is 1. The number of nitrogens with zero attached hydrogens (tertiary/aromatic N) is 1. The molecule has 0 saturated carbocycles. The van der Waals surface area contributed by atoms with Gasteiger partial charge in [0.25, 0.3) is 0 Å². The summed E-state index contributed by atoms with van der Waals surface area (Å²) in [6.07, 6.45) is 1.40. The van der Waals surface area contributed by atoms with Gasteiger partial charge in [0.05, 0.1) is 13.0 Å². The fourth-order valence-corrected chi connectivity index (χ4v) is 2.40. The lowest BCUT2D eigenvalue weighted by molar-refractivity contribution is -0.147. The predicted molar refractivity (Wildman–Crippen MR) is 66.4 cm³/mol. The molecule has 0 bridgehead atoms. The highest BCUT2D eigenvalue weighted by atomic mass is 19.1. The van der Waals surface area contributed by atoms with Gasteiger partial charge in [-0.1, -0.05) is 0 Å². The van der Waals surface area contributed by atoms with Crippen LogP contribution in [0.25, 0.3) is 0 Å². The average molecular weight is 269 g/mol. The van der Waals surface area contributed by atoms with Crippen LogP contribution in [0.3, 0.4) is 0 Å². The van der Waals surface area contributed by atoms with Gasteiger partial charge in [0.2, 0.25) is 0 Å². The molecule has 1 saturated heterocycles. The van der Waals surface area contributed by atoms with Crippen LogP contribution in [0.15, 0.2) is 18.2 Å². The zero-order valence-corrected chi connectivity index (χ0v) is 10.9. The fraction of sp³-hybridized carbons (Fsp3) is 0.500. The number of likely N-dealkylation sites (tertiary alicyclic amines) is 1. The van der Waals surface area contributed by atoms with Gasteiger partial charge in [0.1, 0.15) is 11.6 Å². The van der Waals surface area contributed by atoms with Gasteiger partial charge in [0, 0.05) is 12.1 Å². The van der Waals surface area contributed by atoms with Crippen molar-refractivity contribution in [3.8, 4) is 0 Å². The Hall–Kier alpha value is -1.49. The SMILES string of the molecule is COC(=O)C1CCN(Cc2cc(F)ccc2F)CC1. The zero-order valence-electron chi connectivity index (χ0n) is 10.9. The first kappa shape index (κ1) is 13.9. The summed E-state index contributed by atoms with van der Waals surface area (Å²) in [5.41, 5.74) is 0.358. The average Bonchev–Trinajstić information content (AvgIpc) is 2.43. The highest BCUT2D eigenvalue weighted by Gasteiger charge is 2.25. The second-order valence-electron chi connectivity index (χ2n) is 4.81. The Kier molecular flexibility index (Phi) is 4.47. The molecule has 0 N–H and O–H groups in total. The van der Waals surface area contributed by atoms with E-state index in [2.05, 4.69) is 0 Å². The molecule has 2 rings (SSSR count). The van der Waals surface area contributed by atoms with E-state index in [4.69, 9.17) is 4.74 Å². The van der Waals surface area contributed by atoms with Gasteiger partial charge in [0.15, 0.2) is 0 Å². The molecular formula is C14H17F2NO2. The molecule has 0 aliphatic carbocycles. The van der Waals surface area contributed by atoms with E-state index in [1.807, 2.05) is 4.90 Å². The van der Waals surface area contributed by atoms with Gasteiger partial charge in [-0.2, -0.15) is 0 Å². The minimum Gasteiger partial charge on any atom is -0.469 e. The van der Waals surface area contributed by atoms with Crippen molar-refractivity contribution in [2.75, 3.05) is 20.2 Å². The number of carbonyl (C=O) groups is 1. The number of hydrogen-bond donors (Lipinski definition) is 0. The summed E-state index contributed by atoms with van der Waals surface area (Å²) in [4.78, 5) is 13.4. The third-order valence-corrected chi connectivity index (χ3v) is 3.52. The summed E-state index contributed by atoms with van der Waals surface area (Å²) in [6, 6.07) is 3.48. The van der Waals surface area contributed by atoms with Crippen LogP contribution >= 0.6 is 0 Å². The molecule has 104 valence electrons. The minimum atomic E-state index is -0.430. The van der Waals surface area contributed by atoms with Gasteiger partial charge in [-0.3, -0.25) is 9.69 Å². The first-order valence-corrected chi connectivity index (χ1v) is 6.34. The van der Waals surface area contributed by atoms with E-state index in [1.54, 1.807) is 0 Å². The Balaban J connectivity index is 1.92. The topological polar surface area (TPSA) is 29.5 Å². The van der Waals surface area contributed by atoms with Gasteiger partial charge in [-0.25, -0.2) is 8.78 Å². The van der Waals surface area contributed by atoms with Crippen molar-refractivity contribution in [3.05, 3.63) is 35.4 Å². The maximum atomic E-state index is 13.5. The molecule has 1 heterocycles. The summed E-state index contributed by atoms with van der Waals surface area (Å²) in [7, 11) is 1.39. The third-order valence-electron chi connectivity index (χ3n) is 3.52. The van der Waals surface area contributed by atoms with E-state index in [0.717, 1.165) is 12.1 Å². The monoisotopic (exact) mass is 269 g/mol. The number of benzene rings is 1. The number of hydrogen-bond acceptors (Lipinski definition) is 3. The Morgan fingerprint density at radius 1 is 1.37 bits per heavy atom. The number of rotatable bonds is 3. The molecule has 1 aromatic carbocycles. The van der Waals surface area contributed by atoms with E-state index in [1.165, 1.54) is 13.2 Å². The van der Waals surface area contributed by atoms with Crippen LogP contribution in [-0.4, -0.2) is 31.1 Å². The second-order valence-corrected chi connectivity index (χ2v) is 4.81. The Morgan fingerprint density at radius 2 is 2.05 bits per heavy atom. The molecule has 0 atom stereocenters. The lowest BCUT2D eigenvalue weighted by Gasteiger charge is -2.30. The highest BCUT2D eigenvalue weighted by Crippen LogP contribution is 2.21. The third kappa shape index (κ3) is 3.50. The van der Waals surface area contributed by atoms with Gasteiger partial charge in [-0.05, 0) is 44.1 Å². The van der Waals surface area contributed by atoms with Gasteiger partial charge < -0.3 is 4.74 Å².